The lowest BCUT2D eigenvalue weighted by atomic mass is 10.0. The maximum Gasteiger partial charge on any atom is 0.254 e. The molecule has 1 heterocycles. The molecule has 2 rings (SSSR count). The predicted octanol–water partition coefficient (Wildman–Crippen LogP) is 2.58. The number of anilines is 1. The fourth-order valence-corrected chi connectivity index (χ4v) is 2.74. The summed E-state index contributed by atoms with van der Waals surface area (Å²) in [4.78, 5) is 26.3. The van der Waals surface area contributed by atoms with E-state index in [0.717, 1.165) is 25.8 Å². The molecule has 0 spiro atoms. The van der Waals surface area contributed by atoms with E-state index in [0.29, 0.717) is 24.3 Å². The van der Waals surface area contributed by atoms with Gasteiger partial charge < -0.3 is 15.5 Å². The fourth-order valence-electron chi connectivity index (χ4n) is 2.74. The Morgan fingerprint density at radius 2 is 1.83 bits per heavy atom. The van der Waals surface area contributed by atoms with Crippen LogP contribution in [0.5, 0.6) is 0 Å². The van der Waals surface area contributed by atoms with Crippen molar-refractivity contribution in [2.45, 2.75) is 25.3 Å². The molecule has 1 aromatic rings. The van der Waals surface area contributed by atoms with E-state index in [-0.39, 0.29) is 17.9 Å². The standard InChI is InChI=1S/C19H25N3O2/c1-3-13-22(14-4-2)19(24)15-8-10-16(11-9-15)21-18(23)17-7-5-6-12-20-17/h3-4,8-11,17,20H,1-2,5-7,12-14H2,(H,21,23). The van der Waals surface area contributed by atoms with E-state index in [1.165, 1.54) is 0 Å². The molecular weight excluding hydrogens is 302 g/mol. The van der Waals surface area contributed by atoms with E-state index in [1.54, 1.807) is 41.3 Å². The molecule has 5 heteroatoms. The van der Waals surface area contributed by atoms with Gasteiger partial charge in [0.05, 0.1) is 6.04 Å². The molecule has 0 saturated carbocycles. The van der Waals surface area contributed by atoms with Gasteiger partial charge in [0, 0.05) is 24.3 Å². The number of amides is 2. The van der Waals surface area contributed by atoms with Gasteiger partial charge in [-0.2, -0.15) is 0 Å². The van der Waals surface area contributed by atoms with E-state index < -0.39 is 0 Å². The van der Waals surface area contributed by atoms with E-state index in [9.17, 15) is 9.59 Å². The molecule has 24 heavy (non-hydrogen) atoms. The van der Waals surface area contributed by atoms with Gasteiger partial charge in [-0.05, 0) is 43.7 Å². The summed E-state index contributed by atoms with van der Waals surface area (Å²) in [6.07, 6.45) is 6.42. The molecule has 2 N–H and O–H groups in total. The molecule has 0 radical (unpaired) electrons. The van der Waals surface area contributed by atoms with Gasteiger partial charge in [-0.25, -0.2) is 0 Å². The molecule has 2 amide bonds. The van der Waals surface area contributed by atoms with Crippen molar-refractivity contribution in [1.29, 1.82) is 0 Å². The summed E-state index contributed by atoms with van der Waals surface area (Å²) in [7, 11) is 0. The topological polar surface area (TPSA) is 61.4 Å². The molecule has 1 aromatic carbocycles. The Morgan fingerprint density at radius 1 is 1.17 bits per heavy atom. The van der Waals surface area contributed by atoms with E-state index in [1.807, 2.05) is 0 Å². The zero-order valence-corrected chi connectivity index (χ0v) is 14.0. The second-order valence-corrected chi connectivity index (χ2v) is 5.86. The lowest BCUT2D eigenvalue weighted by Gasteiger charge is -2.22. The van der Waals surface area contributed by atoms with Crippen LogP contribution in [0.1, 0.15) is 29.6 Å². The largest absolute Gasteiger partial charge is 0.331 e. The molecule has 1 aliphatic heterocycles. The van der Waals surface area contributed by atoms with Crippen molar-refractivity contribution < 1.29 is 9.59 Å². The zero-order chi connectivity index (χ0) is 17.4. The van der Waals surface area contributed by atoms with Crippen molar-refractivity contribution >= 4 is 17.5 Å². The maximum atomic E-state index is 12.4. The third kappa shape index (κ3) is 4.80. The first-order valence-corrected chi connectivity index (χ1v) is 8.31. The molecule has 5 nitrogen and oxygen atoms in total. The maximum absolute atomic E-state index is 12.4. The summed E-state index contributed by atoms with van der Waals surface area (Å²) in [5, 5.41) is 6.12. The van der Waals surface area contributed by atoms with Crippen LogP contribution in [0.2, 0.25) is 0 Å². The van der Waals surface area contributed by atoms with Gasteiger partial charge in [0.15, 0.2) is 0 Å². The number of hydrogen-bond acceptors (Lipinski definition) is 3. The minimum Gasteiger partial charge on any atom is -0.331 e. The number of rotatable bonds is 7. The molecule has 0 bridgehead atoms. The Bertz CT molecular complexity index is 579. The first-order chi connectivity index (χ1) is 11.7. The lowest BCUT2D eigenvalue weighted by molar-refractivity contribution is -0.118. The van der Waals surface area contributed by atoms with Crippen molar-refractivity contribution in [3.8, 4) is 0 Å². The first kappa shape index (κ1) is 17.9. The van der Waals surface area contributed by atoms with Gasteiger partial charge in [0.1, 0.15) is 0 Å². The van der Waals surface area contributed by atoms with Crippen LogP contribution in [0.4, 0.5) is 5.69 Å². The molecule has 1 saturated heterocycles. The van der Waals surface area contributed by atoms with Crippen LogP contribution < -0.4 is 10.6 Å². The summed E-state index contributed by atoms with van der Waals surface area (Å²) in [6.45, 7) is 9.16. The number of piperidine rings is 1. The Hall–Kier alpha value is -2.40. The summed E-state index contributed by atoms with van der Waals surface area (Å²) in [5.41, 5.74) is 1.27. The van der Waals surface area contributed by atoms with Gasteiger partial charge in [-0.15, -0.1) is 13.2 Å². The quantitative estimate of drug-likeness (QED) is 0.757. The molecule has 1 unspecified atom stereocenters. The van der Waals surface area contributed by atoms with Gasteiger partial charge in [-0.3, -0.25) is 9.59 Å². The summed E-state index contributed by atoms with van der Waals surface area (Å²) in [5.74, 6) is -0.102. The molecule has 0 aliphatic carbocycles. The van der Waals surface area contributed by atoms with E-state index >= 15 is 0 Å². The highest BCUT2D eigenvalue weighted by Gasteiger charge is 2.20. The summed E-state index contributed by atoms with van der Waals surface area (Å²) in [6, 6.07) is 6.84. The summed E-state index contributed by atoms with van der Waals surface area (Å²) >= 11 is 0. The number of carbonyl (C=O) groups excluding carboxylic acids is 2. The molecule has 1 aliphatic rings. The minimum absolute atomic E-state index is 0.0197. The normalized spacial score (nSPS) is 16.9. The monoisotopic (exact) mass is 327 g/mol. The molecule has 1 fully saturated rings. The number of hydrogen-bond donors (Lipinski definition) is 2. The van der Waals surface area contributed by atoms with Crippen LogP contribution >= 0.6 is 0 Å². The van der Waals surface area contributed by atoms with Crippen molar-refractivity contribution in [3.05, 3.63) is 55.1 Å². The minimum atomic E-state index is -0.129. The Morgan fingerprint density at radius 3 is 2.38 bits per heavy atom. The Kier molecular flexibility index (Phi) is 6.75. The van der Waals surface area contributed by atoms with Gasteiger partial charge >= 0.3 is 0 Å². The smallest absolute Gasteiger partial charge is 0.254 e. The van der Waals surface area contributed by atoms with Crippen LogP contribution in [0.3, 0.4) is 0 Å². The van der Waals surface area contributed by atoms with Crippen molar-refractivity contribution in [2.24, 2.45) is 0 Å². The predicted molar refractivity (Wildman–Crippen MR) is 97.0 cm³/mol. The Balaban J connectivity index is 1.98. The number of benzene rings is 1. The van der Waals surface area contributed by atoms with Crippen LogP contribution in [-0.2, 0) is 4.79 Å². The van der Waals surface area contributed by atoms with Gasteiger partial charge in [0.25, 0.3) is 5.91 Å². The van der Waals surface area contributed by atoms with Gasteiger partial charge in [-0.1, -0.05) is 18.6 Å². The average molecular weight is 327 g/mol. The third-order valence-corrected chi connectivity index (χ3v) is 4.01. The fraction of sp³-hybridized carbons (Fsp3) is 0.368. The number of carbonyl (C=O) groups is 2. The lowest BCUT2D eigenvalue weighted by Crippen LogP contribution is -2.43. The molecule has 128 valence electrons. The van der Waals surface area contributed by atoms with E-state index in [2.05, 4.69) is 23.8 Å². The van der Waals surface area contributed by atoms with Gasteiger partial charge in [0.2, 0.25) is 5.91 Å². The second kappa shape index (κ2) is 9.03. The van der Waals surface area contributed by atoms with Crippen molar-refractivity contribution in [1.82, 2.24) is 10.2 Å². The molecular formula is C19H25N3O2. The van der Waals surface area contributed by atoms with Crippen LogP contribution in [0.15, 0.2) is 49.6 Å². The SMILES string of the molecule is C=CCN(CC=C)C(=O)c1ccc(NC(=O)C2CCCCN2)cc1. The number of nitrogens with one attached hydrogen (secondary N) is 2. The van der Waals surface area contributed by atoms with E-state index in [4.69, 9.17) is 0 Å². The van der Waals surface area contributed by atoms with Crippen LogP contribution in [0, 0.1) is 0 Å². The highest BCUT2D eigenvalue weighted by molar-refractivity contribution is 5.97. The Labute approximate surface area is 143 Å². The van der Waals surface area contributed by atoms with Crippen molar-refractivity contribution in [2.75, 3.05) is 25.0 Å². The highest BCUT2D eigenvalue weighted by Crippen LogP contribution is 2.14. The first-order valence-electron chi connectivity index (χ1n) is 8.31. The van der Waals surface area contributed by atoms with Crippen LogP contribution in [0.25, 0.3) is 0 Å². The average Bonchev–Trinajstić information content (AvgIpc) is 2.62. The highest BCUT2D eigenvalue weighted by atomic mass is 16.2. The van der Waals surface area contributed by atoms with Crippen molar-refractivity contribution in [3.63, 3.8) is 0 Å². The molecule has 0 aromatic heterocycles. The zero-order valence-electron chi connectivity index (χ0n) is 14.0. The summed E-state index contributed by atoms with van der Waals surface area (Å²) < 4.78 is 0. The second-order valence-electron chi connectivity index (χ2n) is 5.86. The van der Waals surface area contributed by atoms with Crippen LogP contribution in [-0.4, -0.2) is 42.4 Å². The number of nitrogens with zero attached hydrogens (tertiary/aromatic N) is 1. The third-order valence-electron chi connectivity index (χ3n) is 4.01. The molecule has 1 atom stereocenters.